The van der Waals surface area contributed by atoms with Crippen molar-refractivity contribution in [1.82, 2.24) is 0 Å². The van der Waals surface area contributed by atoms with Crippen LogP contribution in [0.1, 0.15) is 16.7 Å². The summed E-state index contributed by atoms with van der Waals surface area (Å²) in [4.78, 5) is 0. The third-order valence-electron chi connectivity index (χ3n) is 2.88. The van der Waals surface area contributed by atoms with Crippen LogP contribution in [0, 0.1) is 13.8 Å². The molecule has 0 amide bonds. The summed E-state index contributed by atoms with van der Waals surface area (Å²) >= 11 is 7.10. The van der Waals surface area contributed by atoms with Crippen LogP contribution < -0.4 is 5.32 Å². The third kappa shape index (κ3) is 3.51. The van der Waals surface area contributed by atoms with Gasteiger partial charge in [-0.05, 0) is 69.5 Å². The second-order valence-electron chi connectivity index (χ2n) is 4.59. The number of rotatable bonds is 3. The topological polar surface area (TPSA) is 32.3 Å². The van der Waals surface area contributed by atoms with Gasteiger partial charge in [0.1, 0.15) is 5.75 Å². The highest BCUT2D eigenvalue weighted by Crippen LogP contribution is 2.33. The maximum atomic E-state index is 9.83. The summed E-state index contributed by atoms with van der Waals surface area (Å²) in [6.45, 7) is 4.64. The normalized spacial score (nSPS) is 10.5. The third-order valence-corrected chi connectivity index (χ3v) is 4.13. The van der Waals surface area contributed by atoms with Gasteiger partial charge in [-0.15, -0.1) is 0 Å². The fraction of sp³-hybridized carbons (Fsp3) is 0.200. The zero-order chi connectivity index (χ0) is 14.0. The summed E-state index contributed by atoms with van der Waals surface area (Å²) in [5.41, 5.74) is 4.20. The number of hydrogen-bond acceptors (Lipinski definition) is 2. The van der Waals surface area contributed by atoms with Crippen molar-refractivity contribution in [2.24, 2.45) is 0 Å². The molecule has 0 bridgehead atoms. The minimum Gasteiger partial charge on any atom is -0.508 e. The molecular weight excluding hydrogens is 370 g/mol. The highest BCUT2D eigenvalue weighted by atomic mass is 79.9. The van der Waals surface area contributed by atoms with Crippen molar-refractivity contribution in [1.29, 1.82) is 0 Å². The lowest BCUT2D eigenvalue weighted by Crippen LogP contribution is -2.02. The Labute approximate surface area is 130 Å². The number of phenols is 1. The number of aromatic hydroxyl groups is 1. The number of nitrogens with one attached hydrogen (secondary N) is 1. The summed E-state index contributed by atoms with van der Waals surface area (Å²) in [6.07, 6.45) is 0. The molecule has 100 valence electrons. The first-order valence-corrected chi connectivity index (χ1v) is 7.54. The molecule has 2 aromatic carbocycles. The average molecular weight is 385 g/mol. The van der Waals surface area contributed by atoms with Crippen LogP contribution in [0.4, 0.5) is 5.69 Å². The van der Waals surface area contributed by atoms with E-state index in [1.54, 1.807) is 6.07 Å². The molecule has 0 unspecified atom stereocenters. The van der Waals surface area contributed by atoms with Crippen LogP contribution in [0.15, 0.2) is 39.3 Å². The van der Waals surface area contributed by atoms with E-state index in [1.165, 1.54) is 5.56 Å². The van der Waals surface area contributed by atoms with Crippen LogP contribution in [0.3, 0.4) is 0 Å². The molecule has 2 rings (SSSR count). The van der Waals surface area contributed by atoms with E-state index in [2.05, 4.69) is 49.3 Å². The SMILES string of the molecule is Cc1cc(Br)c(NCc2cc(C)ccc2O)c(Br)c1. The van der Waals surface area contributed by atoms with E-state index in [4.69, 9.17) is 0 Å². The Morgan fingerprint density at radius 1 is 1.00 bits per heavy atom. The van der Waals surface area contributed by atoms with Gasteiger partial charge in [-0.3, -0.25) is 0 Å². The molecule has 0 spiro atoms. The number of benzene rings is 2. The molecule has 2 N–H and O–H groups in total. The summed E-state index contributed by atoms with van der Waals surface area (Å²) in [6, 6.07) is 9.73. The van der Waals surface area contributed by atoms with Gasteiger partial charge in [-0.25, -0.2) is 0 Å². The second-order valence-corrected chi connectivity index (χ2v) is 6.30. The zero-order valence-electron chi connectivity index (χ0n) is 10.8. The van der Waals surface area contributed by atoms with E-state index in [-0.39, 0.29) is 0 Å². The van der Waals surface area contributed by atoms with Gasteiger partial charge in [-0.2, -0.15) is 0 Å². The molecule has 0 aliphatic rings. The lowest BCUT2D eigenvalue weighted by molar-refractivity contribution is 0.469. The second kappa shape index (κ2) is 5.97. The van der Waals surface area contributed by atoms with Crippen molar-refractivity contribution >= 4 is 37.5 Å². The lowest BCUT2D eigenvalue weighted by Gasteiger charge is -2.13. The molecule has 0 saturated carbocycles. The number of hydrogen-bond donors (Lipinski definition) is 2. The lowest BCUT2D eigenvalue weighted by atomic mass is 10.1. The minimum atomic E-state index is 0.317. The smallest absolute Gasteiger partial charge is 0.120 e. The molecule has 2 nitrogen and oxygen atoms in total. The number of aryl methyl sites for hydroxylation is 2. The van der Waals surface area contributed by atoms with E-state index in [9.17, 15) is 5.11 Å². The highest BCUT2D eigenvalue weighted by Gasteiger charge is 2.07. The maximum absolute atomic E-state index is 9.83. The summed E-state index contributed by atoms with van der Waals surface area (Å²) in [5.74, 6) is 0.317. The van der Waals surface area contributed by atoms with Gasteiger partial charge in [0.25, 0.3) is 0 Å². The molecule has 0 fully saturated rings. The molecule has 2 aromatic rings. The molecule has 0 aromatic heterocycles. The monoisotopic (exact) mass is 383 g/mol. The van der Waals surface area contributed by atoms with Gasteiger partial charge < -0.3 is 10.4 Å². The van der Waals surface area contributed by atoms with Crippen LogP contribution >= 0.6 is 31.9 Å². The van der Waals surface area contributed by atoms with Crippen molar-refractivity contribution in [2.75, 3.05) is 5.32 Å². The summed E-state index contributed by atoms with van der Waals surface area (Å²) in [7, 11) is 0. The largest absolute Gasteiger partial charge is 0.508 e. The molecule has 0 aliphatic heterocycles. The van der Waals surface area contributed by atoms with Crippen LogP contribution in [0.2, 0.25) is 0 Å². The predicted octanol–water partition coefficient (Wildman–Crippen LogP) is 5.15. The van der Waals surface area contributed by atoms with E-state index in [0.717, 1.165) is 25.8 Å². The first-order valence-electron chi connectivity index (χ1n) is 5.95. The molecule has 4 heteroatoms. The van der Waals surface area contributed by atoms with Crippen LogP contribution in [-0.2, 0) is 6.54 Å². The Kier molecular flexibility index (Phi) is 4.53. The number of phenolic OH excluding ortho intramolecular Hbond substituents is 1. The Balaban J connectivity index is 2.21. The van der Waals surface area contributed by atoms with Crippen LogP contribution in [0.25, 0.3) is 0 Å². The van der Waals surface area contributed by atoms with Gasteiger partial charge in [-0.1, -0.05) is 17.7 Å². The Bertz CT molecular complexity index is 588. The molecule has 0 atom stereocenters. The van der Waals surface area contributed by atoms with Gasteiger partial charge in [0.05, 0.1) is 5.69 Å². The van der Waals surface area contributed by atoms with E-state index in [1.807, 2.05) is 26.0 Å². The predicted molar refractivity (Wildman–Crippen MR) is 86.7 cm³/mol. The molecule has 0 aliphatic carbocycles. The van der Waals surface area contributed by atoms with Crippen molar-refractivity contribution < 1.29 is 5.11 Å². The Hall–Kier alpha value is -1.00. The van der Waals surface area contributed by atoms with Crippen molar-refractivity contribution in [3.05, 3.63) is 56.0 Å². The fourth-order valence-corrected chi connectivity index (χ4v) is 3.60. The first kappa shape index (κ1) is 14.4. The van der Waals surface area contributed by atoms with Crippen molar-refractivity contribution in [3.8, 4) is 5.75 Å². The van der Waals surface area contributed by atoms with E-state index < -0.39 is 0 Å². The molecule has 19 heavy (non-hydrogen) atoms. The van der Waals surface area contributed by atoms with E-state index in [0.29, 0.717) is 12.3 Å². The standard InChI is InChI=1S/C15H15Br2NO/c1-9-3-4-14(19)11(5-9)8-18-15-12(16)6-10(2)7-13(15)17/h3-7,18-19H,8H2,1-2H3. The van der Waals surface area contributed by atoms with Crippen molar-refractivity contribution in [3.63, 3.8) is 0 Å². The highest BCUT2D eigenvalue weighted by molar-refractivity contribution is 9.11. The Morgan fingerprint density at radius 3 is 2.26 bits per heavy atom. The number of halogens is 2. The molecule has 0 heterocycles. The summed E-state index contributed by atoms with van der Waals surface area (Å²) < 4.78 is 2.01. The van der Waals surface area contributed by atoms with Crippen LogP contribution in [0.5, 0.6) is 5.75 Å². The van der Waals surface area contributed by atoms with Gasteiger partial charge in [0.2, 0.25) is 0 Å². The van der Waals surface area contributed by atoms with Gasteiger partial charge >= 0.3 is 0 Å². The zero-order valence-corrected chi connectivity index (χ0v) is 14.0. The molecule has 0 radical (unpaired) electrons. The average Bonchev–Trinajstić information content (AvgIpc) is 2.32. The maximum Gasteiger partial charge on any atom is 0.120 e. The van der Waals surface area contributed by atoms with Crippen LogP contribution in [-0.4, -0.2) is 5.11 Å². The number of anilines is 1. The summed E-state index contributed by atoms with van der Waals surface area (Å²) in [5, 5.41) is 13.2. The molecule has 0 saturated heterocycles. The molecular formula is C15H15Br2NO. The quantitative estimate of drug-likeness (QED) is 0.767. The van der Waals surface area contributed by atoms with Gasteiger partial charge in [0, 0.05) is 21.1 Å². The minimum absolute atomic E-state index is 0.317. The first-order chi connectivity index (χ1) is 8.97. The van der Waals surface area contributed by atoms with Crippen molar-refractivity contribution in [2.45, 2.75) is 20.4 Å². The van der Waals surface area contributed by atoms with Gasteiger partial charge in [0.15, 0.2) is 0 Å². The Morgan fingerprint density at radius 2 is 1.63 bits per heavy atom. The fourth-order valence-electron chi connectivity index (χ4n) is 1.91. The van der Waals surface area contributed by atoms with E-state index >= 15 is 0 Å².